The Morgan fingerprint density at radius 1 is 0.250 bits per heavy atom. The molecule has 264 valence electrons. The summed E-state index contributed by atoms with van der Waals surface area (Å²) in [6.07, 6.45) is 0. The average molecular weight is 715 g/mol. The summed E-state index contributed by atoms with van der Waals surface area (Å²) in [4.78, 5) is 2.33. The highest BCUT2D eigenvalue weighted by molar-refractivity contribution is 6.09. The molecule has 0 aliphatic carbocycles. The zero-order valence-corrected chi connectivity index (χ0v) is 30.8. The number of para-hydroxylation sites is 3. The third-order valence-corrected chi connectivity index (χ3v) is 10.8. The van der Waals surface area contributed by atoms with Crippen molar-refractivity contribution in [2.75, 3.05) is 4.90 Å². The minimum Gasteiger partial charge on any atom is -0.310 e. The van der Waals surface area contributed by atoms with Gasteiger partial charge in [0.1, 0.15) is 0 Å². The Bertz CT molecular complexity index is 2870. The van der Waals surface area contributed by atoms with Crippen LogP contribution in [-0.2, 0) is 0 Å². The molecular weight excluding hydrogens is 677 g/mol. The average Bonchev–Trinajstić information content (AvgIpc) is 3.62. The highest BCUT2D eigenvalue weighted by Crippen LogP contribution is 2.39. The second-order valence-electron chi connectivity index (χ2n) is 14.2. The van der Waals surface area contributed by atoms with Crippen molar-refractivity contribution in [1.82, 2.24) is 4.57 Å². The van der Waals surface area contributed by atoms with Gasteiger partial charge in [0, 0.05) is 33.5 Å². The van der Waals surface area contributed by atoms with E-state index in [4.69, 9.17) is 0 Å². The molecule has 0 saturated carbocycles. The lowest BCUT2D eigenvalue weighted by molar-refractivity contribution is 1.18. The van der Waals surface area contributed by atoms with Crippen LogP contribution in [0.15, 0.2) is 231 Å². The molecule has 0 atom stereocenters. The van der Waals surface area contributed by atoms with Crippen molar-refractivity contribution in [1.29, 1.82) is 0 Å². The maximum absolute atomic E-state index is 2.37. The smallest absolute Gasteiger partial charge is 0.0541 e. The van der Waals surface area contributed by atoms with Gasteiger partial charge in [0.05, 0.1) is 11.0 Å². The summed E-state index contributed by atoms with van der Waals surface area (Å²) in [6, 6.07) is 83.0. The molecule has 1 heterocycles. The Hall–Kier alpha value is -7.42. The molecule has 10 rings (SSSR count). The van der Waals surface area contributed by atoms with Crippen LogP contribution in [0.4, 0.5) is 17.1 Å². The largest absolute Gasteiger partial charge is 0.310 e. The summed E-state index contributed by atoms with van der Waals surface area (Å²) < 4.78 is 2.37. The molecule has 2 nitrogen and oxygen atoms in total. The summed E-state index contributed by atoms with van der Waals surface area (Å²) >= 11 is 0. The van der Waals surface area contributed by atoms with Crippen molar-refractivity contribution in [3.63, 3.8) is 0 Å². The number of fused-ring (bicyclic) bond motifs is 3. The van der Waals surface area contributed by atoms with Gasteiger partial charge in [-0.25, -0.2) is 0 Å². The monoisotopic (exact) mass is 714 g/mol. The lowest BCUT2D eigenvalue weighted by Crippen LogP contribution is -2.09. The van der Waals surface area contributed by atoms with Gasteiger partial charge in [-0.05, 0) is 123 Å². The van der Waals surface area contributed by atoms with E-state index < -0.39 is 0 Å². The predicted molar refractivity (Wildman–Crippen MR) is 237 cm³/mol. The van der Waals surface area contributed by atoms with E-state index in [0.29, 0.717) is 0 Å². The van der Waals surface area contributed by atoms with Crippen LogP contribution in [0.5, 0.6) is 0 Å². The fraction of sp³-hybridized carbons (Fsp3) is 0. The van der Waals surface area contributed by atoms with Crippen molar-refractivity contribution in [3.05, 3.63) is 231 Å². The number of benzene rings is 9. The van der Waals surface area contributed by atoms with Gasteiger partial charge in [-0.3, -0.25) is 0 Å². The van der Waals surface area contributed by atoms with Crippen LogP contribution in [0.25, 0.3) is 72.0 Å². The van der Waals surface area contributed by atoms with Gasteiger partial charge in [0.15, 0.2) is 0 Å². The van der Waals surface area contributed by atoms with E-state index in [9.17, 15) is 0 Å². The van der Waals surface area contributed by atoms with Crippen molar-refractivity contribution in [3.8, 4) is 50.2 Å². The Labute approximate surface area is 327 Å². The van der Waals surface area contributed by atoms with Gasteiger partial charge < -0.3 is 9.47 Å². The molecular formula is C54H38N2. The van der Waals surface area contributed by atoms with E-state index in [1.165, 1.54) is 66.3 Å². The molecule has 0 bridgehead atoms. The molecule has 0 amide bonds. The van der Waals surface area contributed by atoms with Gasteiger partial charge in [0.25, 0.3) is 0 Å². The van der Waals surface area contributed by atoms with Gasteiger partial charge >= 0.3 is 0 Å². The number of nitrogens with zero attached hydrogens (tertiary/aromatic N) is 2. The standard InChI is InChI=1S/C54H38N2/c1-4-15-39(16-5-1)43-19-14-22-50(38-43)55(47-20-8-3-9-21-47)48-31-27-41(28-32-48)45-35-44(40-17-6-2-7-18-40)36-46(37-45)42-29-33-49(34-30-42)56-53-25-12-10-23-51(53)52-24-11-13-26-54(52)56/h1-38H. The van der Waals surface area contributed by atoms with Gasteiger partial charge in [-0.15, -0.1) is 0 Å². The summed E-state index contributed by atoms with van der Waals surface area (Å²) in [6.45, 7) is 0. The molecule has 0 aliphatic heterocycles. The molecule has 10 aromatic rings. The SMILES string of the molecule is c1ccc(-c2cc(-c3ccc(N(c4ccccc4)c4cccc(-c5ccccc5)c4)cc3)cc(-c3ccc(-n4c5ccccc5c5ccccc54)cc3)c2)cc1. The first-order chi connectivity index (χ1) is 27.8. The molecule has 0 spiro atoms. The summed E-state index contributed by atoms with van der Waals surface area (Å²) in [7, 11) is 0. The lowest BCUT2D eigenvalue weighted by Gasteiger charge is -2.26. The van der Waals surface area contributed by atoms with Crippen LogP contribution in [-0.4, -0.2) is 4.57 Å². The van der Waals surface area contributed by atoms with Crippen molar-refractivity contribution in [2.24, 2.45) is 0 Å². The normalized spacial score (nSPS) is 11.2. The first kappa shape index (κ1) is 33.2. The Balaban J connectivity index is 1.04. The summed E-state index contributed by atoms with van der Waals surface area (Å²) in [5, 5.41) is 2.54. The number of rotatable bonds is 8. The number of anilines is 3. The summed E-state index contributed by atoms with van der Waals surface area (Å²) in [5.74, 6) is 0. The van der Waals surface area contributed by atoms with Crippen LogP contribution in [0, 0.1) is 0 Å². The van der Waals surface area contributed by atoms with Crippen LogP contribution >= 0.6 is 0 Å². The van der Waals surface area contributed by atoms with Crippen molar-refractivity contribution >= 4 is 38.9 Å². The van der Waals surface area contributed by atoms with E-state index in [0.717, 1.165) is 22.7 Å². The van der Waals surface area contributed by atoms with E-state index in [1.807, 2.05) is 0 Å². The van der Waals surface area contributed by atoms with E-state index >= 15 is 0 Å². The highest BCUT2D eigenvalue weighted by atomic mass is 15.1. The third kappa shape index (κ3) is 6.24. The number of hydrogen-bond acceptors (Lipinski definition) is 1. The fourth-order valence-electron chi connectivity index (χ4n) is 8.04. The molecule has 0 saturated heterocycles. The first-order valence-corrected chi connectivity index (χ1v) is 19.2. The Morgan fingerprint density at radius 3 is 1.20 bits per heavy atom. The Morgan fingerprint density at radius 2 is 0.643 bits per heavy atom. The van der Waals surface area contributed by atoms with Crippen LogP contribution < -0.4 is 4.90 Å². The number of hydrogen-bond donors (Lipinski definition) is 0. The topological polar surface area (TPSA) is 8.17 Å². The molecule has 2 heteroatoms. The van der Waals surface area contributed by atoms with Crippen LogP contribution in [0.1, 0.15) is 0 Å². The fourth-order valence-corrected chi connectivity index (χ4v) is 8.04. The molecule has 0 aliphatic rings. The van der Waals surface area contributed by atoms with E-state index in [2.05, 4.69) is 240 Å². The maximum Gasteiger partial charge on any atom is 0.0541 e. The lowest BCUT2D eigenvalue weighted by atomic mass is 9.93. The summed E-state index contributed by atoms with van der Waals surface area (Å²) in [5.41, 5.74) is 16.4. The molecule has 9 aromatic carbocycles. The zero-order valence-electron chi connectivity index (χ0n) is 30.8. The van der Waals surface area contributed by atoms with E-state index in [-0.39, 0.29) is 0 Å². The quantitative estimate of drug-likeness (QED) is 0.152. The number of aromatic nitrogens is 1. The second kappa shape index (κ2) is 14.4. The van der Waals surface area contributed by atoms with Gasteiger partial charge in [0.2, 0.25) is 0 Å². The van der Waals surface area contributed by atoms with Crippen molar-refractivity contribution < 1.29 is 0 Å². The highest BCUT2D eigenvalue weighted by Gasteiger charge is 2.16. The second-order valence-corrected chi connectivity index (χ2v) is 14.2. The van der Waals surface area contributed by atoms with Crippen molar-refractivity contribution in [2.45, 2.75) is 0 Å². The molecule has 56 heavy (non-hydrogen) atoms. The van der Waals surface area contributed by atoms with E-state index in [1.54, 1.807) is 0 Å². The zero-order chi connectivity index (χ0) is 37.3. The molecule has 0 radical (unpaired) electrons. The molecule has 1 aromatic heterocycles. The molecule has 0 N–H and O–H groups in total. The molecule has 0 fully saturated rings. The van der Waals surface area contributed by atoms with Crippen LogP contribution in [0.3, 0.4) is 0 Å². The third-order valence-electron chi connectivity index (χ3n) is 10.8. The first-order valence-electron chi connectivity index (χ1n) is 19.2. The Kier molecular flexibility index (Phi) is 8.55. The minimum atomic E-state index is 1.10. The van der Waals surface area contributed by atoms with Gasteiger partial charge in [-0.2, -0.15) is 0 Å². The van der Waals surface area contributed by atoms with Gasteiger partial charge in [-0.1, -0.05) is 152 Å². The molecule has 0 unspecified atom stereocenters. The minimum absolute atomic E-state index is 1.10. The predicted octanol–water partition coefficient (Wildman–Crippen LogP) is 14.9. The van der Waals surface area contributed by atoms with Crippen LogP contribution in [0.2, 0.25) is 0 Å². The maximum atomic E-state index is 2.37.